The van der Waals surface area contributed by atoms with Gasteiger partial charge in [-0.2, -0.15) is 13.2 Å². The fraction of sp³-hybridized carbons (Fsp3) is 0.545. The van der Waals surface area contributed by atoms with Crippen molar-refractivity contribution in [3.63, 3.8) is 0 Å². The standard InChI is InChI=1S/C22H27F3N2O4/c1-21(2,3)31-20(30)13-6-8-27(9-7-13)18-10-14(22(23,24)25)4-5-15(18)16-11-26-19(29)17(16)12-28/h4-5,10,12-13,16,28H,6-9,11H2,1-3H3,(H,26,29)/b17-12-. The van der Waals surface area contributed by atoms with Gasteiger partial charge in [0.15, 0.2) is 0 Å². The van der Waals surface area contributed by atoms with Crippen molar-refractivity contribution in [3.05, 3.63) is 41.2 Å². The zero-order chi connectivity index (χ0) is 23.0. The molecule has 2 saturated heterocycles. The van der Waals surface area contributed by atoms with Crippen molar-refractivity contribution in [1.82, 2.24) is 5.32 Å². The second-order valence-electron chi connectivity index (χ2n) is 8.91. The first-order valence-corrected chi connectivity index (χ1v) is 10.2. The third-order valence-corrected chi connectivity index (χ3v) is 5.55. The summed E-state index contributed by atoms with van der Waals surface area (Å²) < 4.78 is 45.6. The molecule has 1 amide bonds. The molecule has 2 heterocycles. The van der Waals surface area contributed by atoms with E-state index in [2.05, 4.69) is 5.32 Å². The number of nitrogens with zero attached hydrogens (tertiary/aromatic N) is 1. The van der Waals surface area contributed by atoms with Crippen LogP contribution in [0.2, 0.25) is 0 Å². The van der Waals surface area contributed by atoms with Crippen LogP contribution in [0.25, 0.3) is 0 Å². The van der Waals surface area contributed by atoms with Crippen LogP contribution in [0.15, 0.2) is 30.0 Å². The second-order valence-corrected chi connectivity index (χ2v) is 8.91. The lowest BCUT2D eigenvalue weighted by molar-refractivity contribution is -0.160. The average molecular weight is 440 g/mol. The lowest BCUT2D eigenvalue weighted by Crippen LogP contribution is -2.39. The summed E-state index contributed by atoms with van der Waals surface area (Å²) >= 11 is 0. The zero-order valence-corrected chi connectivity index (χ0v) is 17.8. The fourth-order valence-corrected chi connectivity index (χ4v) is 4.02. The number of nitrogens with one attached hydrogen (secondary N) is 1. The van der Waals surface area contributed by atoms with E-state index in [1.807, 2.05) is 4.90 Å². The summed E-state index contributed by atoms with van der Waals surface area (Å²) in [5, 5.41) is 12.1. The number of benzene rings is 1. The first-order valence-electron chi connectivity index (χ1n) is 10.2. The van der Waals surface area contributed by atoms with Gasteiger partial charge in [-0.3, -0.25) is 9.59 Å². The predicted octanol–water partition coefficient (Wildman–Crippen LogP) is 3.92. The SMILES string of the molecule is CC(C)(C)OC(=O)C1CCN(c2cc(C(F)(F)F)ccc2C2CNC(=O)/C2=C\O)CC1. The number of carbonyl (C=O) groups is 2. The van der Waals surface area contributed by atoms with E-state index in [1.165, 1.54) is 6.07 Å². The molecule has 2 aliphatic heterocycles. The lowest BCUT2D eigenvalue weighted by atomic mass is 9.89. The summed E-state index contributed by atoms with van der Waals surface area (Å²) in [4.78, 5) is 26.1. The molecule has 2 fully saturated rings. The summed E-state index contributed by atoms with van der Waals surface area (Å²) in [5.74, 6) is -1.61. The number of amides is 1. The van der Waals surface area contributed by atoms with E-state index in [-0.39, 0.29) is 24.0 Å². The average Bonchev–Trinajstić information content (AvgIpc) is 3.06. The highest BCUT2D eigenvalue weighted by molar-refractivity contribution is 5.97. The number of aliphatic hydroxyl groups is 1. The largest absolute Gasteiger partial charge is 0.515 e. The van der Waals surface area contributed by atoms with E-state index in [4.69, 9.17) is 4.74 Å². The van der Waals surface area contributed by atoms with Crippen LogP contribution in [-0.2, 0) is 20.5 Å². The van der Waals surface area contributed by atoms with E-state index in [9.17, 15) is 27.9 Å². The molecule has 0 aliphatic carbocycles. The summed E-state index contributed by atoms with van der Waals surface area (Å²) in [7, 11) is 0. The van der Waals surface area contributed by atoms with Gasteiger partial charge in [-0.05, 0) is 51.3 Å². The summed E-state index contributed by atoms with van der Waals surface area (Å²) in [6.07, 6.45) is -2.89. The fourth-order valence-electron chi connectivity index (χ4n) is 4.02. The minimum absolute atomic E-state index is 0.115. The summed E-state index contributed by atoms with van der Waals surface area (Å²) in [5.41, 5.74) is -0.380. The first kappa shape index (κ1) is 23.0. The van der Waals surface area contributed by atoms with Gasteiger partial charge >= 0.3 is 12.1 Å². The van der Waals surface area contributed by atoms with Crippen LogP contribution in [-0.4, -0.2) is 42.2 Å². The van der Waals surface area contributed by atoms with E-state index in [0.717, 1.165) is 12.1 Å². The maximum absolute atomic E-state index is 13.4. The van der Waals surface area contributed by atoms with Gasteiger partial charge in [0, 0.05) is 31.2 Å². The quantitative estimate of drug-likeness (QED) is 0.423. The molecular formula is C22H27F3N2O4. The molecule has 1 aromatic carbocycles. The number of halogens is 3. The molecule has 6 nitrogen and oxygen atoms in total. The molecule has 1 aromatic rings. The number of rotatable bonds is 3. The predicted molar refractivity (Wildman–Crippen MR) is 109 cm³/mol. The minimum atomic E-state index is -4.51. The van der Waals surface area contributed by atoms with Gasteiger partial charge in [0.1, 0.15) is 5.60 Å². The Balaban J connectivity index is 1.87. The van der Waals surface area contributed by atoms with Gasteiger partial charge in [0.05, 0.1) is 23.3 Å². The molecule has 31 heavy (non-hydrogen) atoms. The number of carbonyl (C=O) groups excluding carboxylic acids is 2. The minimum Gasteiger partial charge on any atom is -0.515 e. The Morgan fingerprint density at radius 1 is 1.23 bits per heavy atom. The number of ether oxygens (including phenoxy) is 1. The highest BCUT2D eigenvalue weighted by Gasteiger charge is 2.37. The summed E-state index contributed by atoms with van der Waals surface area (Å²) in [6, 6.07) is 3.44. The van der Waals surface area contributed by atoms with Crippen LogP contribution in [0.3, 0.4) is 0 Å². The number of alkyl halides is 3. The van der Waals surface area contributed by atoms with Crippen molar-refractivity contribution < 1.29 is 32.6 Å². The number of aliphatic hydroxyl groups excluding tert-OH is 1. The molecule has 0 bridgehead atoms. The van der Waals surface area contributed by atoms with Gasteiger partial charge in [0.25, 0.3) is 5.91 Å². The second kappa shape index (κ2) is 8.43. The van der Waals surface area contributed by atoms with Crippen LogP contribution in [0.5, 0.6) is 0 Å². The highest BCUT2D eigenvalue weighted by Crippen LogP contribution is 2.40. The van der Waals surface area contributed by atoms with Crippen molar-refractivity contribution in [1.29, 1.82) is 0 Å². The molecule has 170 valence electrons. The number of anilines is 1. The van der Waals surface area contributed by atoms with E-state index >= 15 is 0 Å². The maximum Gasteiger partial charge on any atom is 0.416 e. The van der Waals surface area contributed by atoms with E-state index < -0.39 is 29.2 Å². The Morgan fingerprint density at radius 3 is 2.42 bits per heavy atom. The summed E-state index contributed by atoms with van der Waals surface area (Å²) in [6.45, 7) is 6.32. The Kier molecular flexibility index (Phi) is 6.25. The van der Waals surface area contributed by atoms with Crippen LogP contribution in [0, 0.1) is 5.92 Å². The number of piperidine rings is 1. The van der Waals surface area contributed by atoms with Crippen molar-refractivity contribution in [3.8, 4) is 0 Å². The molecule has 2 N–H and O–H groups in total. The van der Waals surface area contributed by atoms with Crippen LogP contribution in [0.1, 0.15) is 50.7 Å². The number of hydrogen-bond acceptors (Lipinski definition) is 5. The van der Waals surface area contributed by atoms with E-state index in [0.29, 0.717) is 43.4 Å². The third kappa shape index (κ3) is 5.14. The molecule has 0 radical (unpaired) electrons. The number of hydrogen-bond donors (Lipinski definition) is 2. The third-order valence-electron chi connectivity index (χ3n) is 5.55. The van der Waals surface area contributed by atoms with Crippen LogP contribution >= 0.6 is 0 Å². The van der Waals surface area contributed by atoms with Crippen LogP contribution < -0.4 is 10.2 Å². The Labute approximate surface area is 179 Å². The Bertz CT molecular complexity index is 882. The monoisotopic (exact) mass is 440 g/mol. The van der Waals surface area contributed by atoms with Gasteiger partial charge in [-0.25, -0.2) is 0 Å². The maximum atomic E-state index is 13.4. The van der Waals surface area contributed by atoms with Crippen LogP contribution in [0.4, 0.5) is 18.9 Å². The molecule has 3 rings (SSSR count). The van der Waals surface area contributed by atoms with E-state index in [1.54, 1.807) is 20.8 Å². The van der Waals surface area contributed by atoms with Crippen molar-refractivity contribution in [2.45, 2.75) is 51.3 Å². The molecule has 9 heteroatoms. The van der Waals surface area contributed by atoms with Crippen molar-refractivity contribution in [2.24, 2.45) is 5.92 Å². The van der Waals surface area contributed by atoms with Gasteiger partial charge < -0.3 is 20.1 Å². The lowest BCUT2D eigenvalue weighted by Gasteiger charge is -2.36. The molecule has 0 saturated carbocycles. The molecule has 0 aromatic heterocycles. The van der Waals surface area contributed by atoms with Crippen molar-refractivity contribution in [2.75, 3.05) is 24.5 Å². The Hall–Kier alpha value is -2.71. The van der Waals surface area contributed by atoms with Crippen molar-refractivity contribution >= 4 is 17.6 Å². The molecule has 1 unspecified atom stereocenters. The van der Waals surface area contributed by atoms with Gasteiger partial charge in [-0.15, -0.1) is 0 Å². The molecule has 2 aliphatic rings. The Morgan fingerprint density at radius 2 is 1.87 bits per heavy atom. The van der Waals surface area contributed by atoms with Gasteiger partial charge in [0.2, 0.25) is 0 Å². The molecular weight excluding hydrogens is 413 g/mol. The van der Waals surface area contributed by atoms with Gasteiger partial charge in [-0.1, -0.05) is 6.07 Å². The first-order chi connectivity index (χ1) is 14.4. The normalized spacial score (nSPS) is 22.0. The smallest absolute Gasteiger partial charge is 0.416 e. The number of esters is 1. The highest BCUT2D eigenvalue weighted by atomic mass is 19.4. The molecule has 0 spiro atoms. The molecule has 1 atom stereocenters. The topological polar surface area (TPSA) is 78.9 Å². The zero-order valence-electron chi connectivity index (χ0n) is 17.8.